The van der Waals surface area contributed by atoms with Crippen molar-refractivity contribution in [2.45, 2.75) is 10.3 Å². The van der Waals surface area contributed by atoms with Crippen molar-refractivity contribution in [2.24, 2.45) is 5.73 Å². The first-order chi connectivity index (χ1) is 7.90. The van der Waals surface area contributed by atoms with Crippen LogP contribution in [-0.2, 0) is 0 Å². The summed E-state index contributed by atoms with van der Waals surface area (Å²) in [7, 11) is 0. The maximum atomic E-state index is 5.79. The lowest BCUT2D eigenvalue weighted by atomic mass is 10.1. The van der Waals surface area contributed by atoms with Gasteiger partial charge in [0, 0.05) is 18.0 Å². The first kappa shape index (κ1) is 11.1. The lowest BCUT2D eigenvalue weighted by molar-refractivity contribution is 0.931. The summed E-state index contributed by atoms with van der Waals surface area (Å²) in [6, 6.07) is 12.1. The molecule has 16 heavy (non-hydrogen) atoms. The minimum atomic E-state index is 0.246. The van der Waals surface area contributed by atoms with Crippen LogP contribution >= 0.6 is 11.8 Å². The Morgan fingerprint density at radius 1 is 1.19 bits per heavy atom. The second kappa shape index (κ2) is 5.63. The van der Waals surface area contributed by atoms with E-state index in [0.717, 1.165) is 5.03 Å². The minimum absolute atomic E-state index is 0.246. The van der Waals surface area contributed by atoms with Crippen LogP contribution < -0.4 is 5.73 Å². The topological polar surface area (TPSA) is 51.8 Å². The van der Waals surface area contributed by atoms with Gasteiger partial charge in [-0.1, -0.05) is 42.1 Å². The predicted molar refractivity (Wildman–Crippen MR) is 66.1 cm³/mol. The third kappa shape index (κ3) is 2.81. The van der Waals surface area contributed by atoms with Crippen molar-refractivity contribution >= 4 is 11.8 Å². The smallest absolute Gasteiger partial charge is 0.116 e. The second-order valence-electron chi connectivity index (χ2n) is 3.30. The average Bonchev–Trinajstić information content (AvgIpc) is 2.38. The molecule has 0 aliphatic carbocycles. The summed E-state index contributed by atoms with van der Waals surface area (Å²) >= 11 is 1.67. The van der Waals surface area contributed by atoms with Gasteiger partial charge in [0.1, 0.15) is 6.33 Å². The molecule has 1 atom stereocenters. The number of hydrogen-bond acceptors (Lipinski definition) is 4. The number of nitrogens with zero attached hydrogens (tertiary/aromatic N) is 2. The third-order valence-electron chi connectivity index (χ3n) is 2.20. The monoisotopic (exact) mass is 231 g/mol. The van der Waals surface area contributed by atoms with E-state index in [9.17, 15) is 0 Å². The van der Waals surface area contributed by atoms with E-state index in [-0.39, 0.29) is 5.25 Å². The van der Waals surface area contributed by atoms with Gasteiger partial charge in [0.2, 0.25) is 0 Å². The van der Waals surface area contributed by atoms with Crippen LogP contribution in [0.15, 0.2) is 53.9 Å². The van der Waals surface area contributed by atoms with Crippen LogP contribution in [0.1, 0.15) is 10.8 Å². The van der Waals surface area contributed by atoms with Crippen LogP contribution in [0.3, 0.4) is 0 Å². The molecule has 0 saturated heterocycles. The Kier molecular flexibility index (Phi) is 3.91. The van der Waals surface area contributed by atoms with Crippen LogP contribution in [0.4, 0.5) is 0 Å². The molecule has 1 heterocycles. The summed E-state index contributed by atoms with van der Waals surface area (Å²) in [6.07, 6.45) is 3.30. The summed E-state index contributed by atoms with van der Waals surface area (Å²) in [5.41, 5.74) is 7.02. The van der Waals surface area contributed by atoms with E-state index in [0.29, 0.717) is 6.54 Å². The van der Waals surface area contributed by atoms with Gasteiger partial charge in [0.15, 0.2) is 0 Å². The van der Waals surface area contributed by atoms with E-state index >= 15 is 0 Å². The maximum absolute atomic E-state index is 5.79. The fourth-order valence-corrected chi connectivity index (χ4v) is 2.34. The highest BCUT2D eigenvalue weighted by Crippen LogP contribution is 2.32. The lowest BCUT2D eigenvalue weighted by Crippen LogP contribution is -2.09. The van der Waals surface area contributed by atoms with E-state index in [1.807, 2.05) is 24.3 Å². The Balaban J connectivity index is 2.13. The Morgan fingerprint density at radius 3 is 2.62 bits per heavy atom. The number of thioether (sulfide) groups is 1. The molecule has 0 saturated carbocycles. The van der Waals surface area contributed by atoms with E-state index < -0.39 is 0 Å². The molecule has 4 heteroatoms. The normalized spacial score (nSPS) is 12.3. The van der Waals surface area contributed by atoms with Gasteiger partial charge in [-0.25, -0.2) is 9.97 Å². The molecule has 2 rings (SSSR count). The summed E-state index contributed by atoms with van der Waals surface area (Å²) < 4.78 is 0. The van der Waals surface area contributed by atoms with Crippen molar-refractivity contribution in [1.82, 2.24) is 9.97 Å². The number of benzene rings is 1. The number of nitrogens with two attached hydrogens (primary N) is 1. The summed E-state index contributed by atoms with van der Waals surface area (Å²) in [5.74, 6) is 0. The van der Waals surface area contributed by atoms with Gasteiger partial charge in [-0.3, -0.25) is 0 Å². The molecular formula is C12H13N3S. The third-order valence-corrected chi connectivity index (χ3v) is 3.44. The molecule has 0 amide bonds. The van der Waals surface area contributed by atoms with Crippen molar-refractivity contribution in [3.8, 4) is 0 Å². The van der Waals surface area contributed by atoms with Gasteiger partial charge >= 0.3 is 0 Å². The lowest BCUT2D eigenvalue weighted by Gasteiger charge is -2.13. The molecule has 0 bridgehead atoms. The van der Waals surface area contributed by atoms with Gasteiger partial charge in [-0.2, -0.15) is 0 Å². The van der Waals surface area contributed by atoms with E-state index in [2.05, 4.69) is 22.1 Å². The highest BCUT2D eigenvalue weighted by atomic mass is 32.2. The standard InChI is InChI=1S/C12H13N3S/c13-8-11(10-4-2-1-3-5-10)16-12-6-7-14-9-15-12/h1-7,9,11H,8,13H2. The molecule has 1 unspecified atom stereocenters. The van der Waals surface area contributed by atoms with Crippen molar-refractivity contribution < 1.29 is 0 Å². The number of aromatic nitrogens is 2. The van der Waals surface area contributed by atoms with Crippen molar-refractivity contribution in [3.05, 3.63) is 54.5 Å². The van der Waals surface area contributed by atoms with Gasteiger partial charge < -0.3 is 5.73 Å². The summed E-state index contributed by atoms with van der Waals surface area (Å²) in [4.78, 5) is 8.08. The van der Waals surface area contributed by atoms with E-state index in [1.54, 1.807) is 24.3 Å². The van der Waals surface area contributed by atoms with Crippen LogP contribution in [0.5, 0.6) is 0 Å². The first-order valence-corrected chi connectivity index (χ1v) is 5.96. The van der Waals surface area contributed by atoms with Crippen LogP contribution in [0.25, 0.3) is 0 Å². The highest BCUT2D eigenvalue weighted by Gasteiger charge is 2.11. The quantitative estimate of drug-likeness (QED) is 0.648. The maximum Gasteiger partial charge on any atom is 0.116 e. The summed E-state index contributed by atoms with van der Waals surface area (Å²) in [5, 5.41) is 1.20. The van der Waals surface area contributed by atoms with Gasteiger partial charge in [-0.05, 0) is 11.6 Å². The fraction of sp³-hybridized carbons (Fsp3) is 0.167. The zero-order chi connectivity index (χ0) is 11.2. The molecule has 0 aliphatic heterocycles. The molecule has 1 aromatic carbocycles. The van der Waals surface area contributed by atoms with Crippen LogP contribution in [-0.4, -0.2) is 16.5 Å². The average molecular weight is 231 g/mol. The highest BCUT2D eigenvalue weighted by molar-refractivity contribution is 7.99. The molecule has 1 aromatic heterocycles. The molecule has 0 spiro atoms. The zero-order valence-electron chi connectivity index (χ0n) is 8.78. The Hall–Kier alpha value is -1.39. The second-order valence-corrected chi connectivity index (χ2v) is 4.52. The Labute approximate surface area is 99.1 Å². The zero-order valence-corrected chi connectivity index (χ0v) is 9.60. The molecule has 0 radical (unpaired) electrons. The van der Waals surface area contributed by atoms with Crippen LogP contribution in [0.2, 0.25) is 0 Å². The van der Waals surface area contributed by atoms with Gasteiger partial charge in [-0.15, -0.1) is 0 Å². The molecule has 0 aliphatic rings. The molecule has 2 N–H and O–H groups in total. The van der Waals surface area contributed by atoms with Crippen LogP contribution in [0, 0.1) is 0 Å². The predicted octanol–water partition coefficient (Wildman–Crippen LogP) is 2.27. The number of rotatable bonds is 4. The van der Waals surface area contributed by atoms with E-state index in [1.165, 1.54) is 5.56 Å². The Morgan fingerprint density at radius 2 is 2.00 bits per heavy atom. The van der Waals surface area contributed by atoms with Gasteiger partial charge in [0.05, 0.1) is 5.03 Å². The molecule has 82 valence electrons. The van der Waals surface area contributed by atoms with Crippen molar-refractivity contribution in [2.75, 3.05) is 6.54 Å². The SMILES string of the molecule is NCC(Sc1ccncn1)c1ccccc1. The largest absolute Gasteiger partial charge is 0.329 e. The molecule has 3 nitrogen and oxygen atoms in total. The molecular weight excluding hydrogens is 218 g/mol. The first-order valence-electron chi connectivity index (χ1n) is 5.08. The van der Waals surface area contributed by atoms with Gasteiger partial charge in [0.25, 0.3) is 0 Å². The van der Waals surface area contributed by atoms with E-state index in [4.69, 9.17) is 5.73 Å². The van der Waals surface area contributed by atoms with Crippen molar-refractivity contribution in [1.29, 1.82) is 0 Å². The van der Waals surface area contributed by atoms with Crippen molar-refractivity contribution in [3.63, 3.8) is 0 Å². The Bertz CT molecular complexity index is 419. The number of hydrogen-bond donors (Lipinski definition) is 1. The minimum Gasteiger partial charge on any atom is -0.329 e. The fourth-order valence-electron chi connectivity index (χ4n) is 1.41. The molecule has 2 aromatic rings. The summed E-state index contributed by atoms with van der Waals surface area (Å²) in [6.45, 7) is 0.596. The molecule has 0 fully saturated rings.